The van der Waals surface area contributed by atoms with E-state index < -0.39 is 0 Å². The number of oxazole rings is 1. The zero-order chi connectivity index (χ0) is 11.6. The molecule has 0 radical (unpaired) electrons. The predicted molar refractivity (Wildman–Crippen MR) is 59.3 cm³/mol. The van der Waals surface area contributed by atoms with E-state index in [1.165, 1.54) is 6.26 Å². The Morgan fingerprint density at radius 1 is 1.69 bits per heavy atom. The molecule has 1 aliphatic rings. The Morgan fingerprint density at radius 2 is 2.50 bits per heavy atom. The second kappa shape index (κ2) is 4.43. The van der Waals surface area contributed by atoms with E-state index in [9.17, 15) is 0 Å². The molecular formula is C11H18N2O3. The number of rotatable bonds is 3. The highest BCUT2D eigenvalue weighted by molar-refractivity contribution is 5.29. The number of aliphatic hydroxyl groups is 1. The molecule has 1 atom stereocenters. The number of piperidine rings is 1. The second-order valence-corrected chi connectivity index (χ2v) is 4.46. The van der Waals surface area contributed by atoms with Gasteiger partial charge in [-0.05, 0) is 19.8 Å². The molecule has 1 aromatic heterocycles. The molecule has 5 nitrogen and oxygen atoms in total. The Kier molecular flexibility index (Phi) is 3.16. The summed E-state index contributed by atoms with van der Waals surface area (Å²) >= 11 is 0. The summed E-state index contributed by atoms with van der Waals surface area (Å²) in [6, 6.07) is 0.576. The molecule has 1 saturated heterocycles. The van der Waals surface area contributed by atoms with Crippen molar-refractivity contribution in [2.45, 2.75) is 32.0 Å². The maximum Gasteiger partial charge on any atom is 0.297 e. The molecule has 0 amide bonds. The Hall–Kier alpha value is -1.07. The molecule has 1 fully saturated rings. The summed E-state index contributed by atoms with van der Waals surface area (Å²) in [5.41, 5.74) is 0.436. The summed E-state index contributed by atoms with van der Waals surface area (Å²) in [4.78, 5) is 6.27. The molecule has 0 saturated carbocycles. The molecule has 1 unspecified atom stereocenters. The zero-order valence-electron chi connectivity index (χ0n) is 9.77. The largest absolute Gasteiger partial charge is 0.432 e. The third kappa shape index (κ3) is 2.20. The number of aromatic nitrogens is 1. The van der Waals surface area contributed by atoms with Gasteiger partial charge in [0.1, 0.15) is 12.0 Å². The van der Waals surface area contributed by atoms with Gasteiger partial charge >= 0.3 is 0 Å². The number of nitrogens with zero attached hydrogens (tertiary/aromatic N) is 2. The number of anilines is 1. The van der Waals surface area contributed by atoms with Gasteiger partial charge in [-0.25, -0.2) is 0 Å². The molecule has 0 spiro atoms. The average molecular weight is 226 g/mol. The molecule has 2 rings (SSSR count). The second-order valence-electron chi connectivity index (χ2n) is 4.46. The van der Waals surface area contributed by atoms with Crippen molar-refractivity contribution in [2.24, 2.45) is 0 Å². The quantitative estimate of drug-likeness (QED) is 0.838. The van der Waals surface area contributed by atoms with Crippen molar-refractivity contribution in [3.8, 4) is 0 Å². The minimum absolute atomic E-state index is 0.0844. The van der Waals surface area contributed by atoms with Gasteiger partial charge in [0, 0.05) is 13.7 Å². The van der Waals surface area contributed by atoms with Crippen LogP contribution in [0.5, 0.6) is 0 Å². The van der Waals surface area contributed by atoms with Gasteiger partial charge in [-0.3, -0.25) is 0 Å². The van der Waals surface area contributed by atoms with Crippen LogP contribution in [-0.4, -0.2) is 35.9 Å². The Labute approximate surface area is 95.0 Å². The first-order valence-electron chi connectivity index (χ1n) is 5.52. The fourth-order valence-electron chi connectivity index (χ4n) is 2.05. The lowest BCUT2D eigenvalue weighted by Gasteiger charge is -2.38. The molecule has 0 aromatic carbocycles. The van der Waals surface area contributed by atoms with Crippen molar-refractivity contribution in [3.63, 3.8) is 0 Å². The molecule has 0 aliphatic carbocycles. The van der Waals surface area contributed by atoms with Crippen LogP contribution in [0.25, 0.3) is 0 Å². The van der Waals surface area contributed by atoms with Crippen LogP contribution in [0.4, 0.5) is 6.01 Å². The number of hydrogen-bond acceptors (Lipinski definition) is 5. The lowest BCUT2D eigenvalue weighted by Crippen LogP contribution is -2.47. The molecule has 90 valence electrons. The van der Waals surface area contributed by atoms with Crippen LogP contribution in [0, 0.1) is 0 Å². The lowest BCUT2D eigenvalue weighted by atomic mass is 9.95. The van der Waals surface area contributed by atoms with Crippen LogP contribution >= 0.6 is 0 Å². The van der Waals surface area contributed by atoms with Gasteiger partial charge in [0.25, 0.3) is 6.01 Å². The zero-order valence-corrected chi connectivity index (χ0v) is 9.77. The van der Waals surface area contributed by atoms with Crippen molar-refractivity contribution in [2.75, 3.05) is 25.1 Å². The third-order valence-corrected chi connectivity index (χ3v) is 3.12. The highest BCUT2D eigenvalue weighted by Crippen LogP contribution is 2.27. The smallest absolute Gasteiger partial charge is 0.297 e. The summed E-state index contributed by atoms with van der Waals surface area (Å²) < 4.78 is 10.8. The molecule has 2 heterocycles. The summed E-state index contributed by atoms with van der Waals surface area (Å²) in [5, 5.41) is 8.93. The summed E-state index contributed by atoms with van der Waals surface area (Å²) in [6.45, 7) is 3.70. The normalized spacial score (nSPS) is 26.1. The lowest BCUT2D eigenvalue weighted by molar-refractivity contribution is -0.00564. The van der Waals surface area contributed by atoms with Crippen molar-refractivity contribution in [1.82, 2.24) is 4.98 Å². The van der Waals surface area contributed by atoms with E-state index >= 15 is 0 Å². The minimum atomic E-state index is -0.133. The molecule has 1 aliphatic heterocycles. The number of ether oxygens (including phenoxy) is 1. The van der Waals surface area contributed by atoms with Crippen molar-refractivity contribution < 1.29 is 14.3 Å². The number of aliphatic hydroxyl groups excluding tert-OH is 1. The van der Waals surface area contributed by atoms with E-state index in [1.54, 1.807) is 7.11 Å². The van der Waals surface area contributed by atoms with Crippen LogP contribution in [0.15, 0.2) is 10.7 Å². The molecule has 1 N–H and O–H groups in total. The van der Waals surface area contributed by atoms with Gasteiger partial charge in [-0.2, -0.15) is 4.98 Å². The van der Waals surface area contributed by atoms with Crippen molar-refractivity contribution in [3.05, 3.63) is 12.0 Å². The van der Waals surface area contributed by atoms with Crippen LogP contribution in [0.3, 0.4) is 0 Å². The maximum absolute atomic E-state index is 8.93. The standard InChI is InChI=1S/C11H18N2O3/c1-11(15-2)4-3-5-13(8-11)10-12-9(6-14)7-16-10/h7,14H,3-6,8H2,1-2H3. The molecule has 16 heavy (non-hydrogen) atoms. The highest BCUT2D eigenvalue weighted by atomic mass is 16.5. The predicted octanol–water partition coefficient (Wildman–Crippen LogP) is 1.17. The fourth-order valence-corrected chi connectivity index (χ4v) is 2.05. The fraction of sp³-hybridized carbons (Fsp3) is 0.727. The van der Waals surface area contributed by atoms with E-state index in [0.29, 0.717) is 11.7 Å². The van der Waals surface area contributed by atoms with E-state index in [0.717, 1.165) is 25.9 Å². The molecule has 0 bridgehead atoms. The molecule has 5 heteroatoms. The topological polar surface area (TPSA) is 58.7 Å². The van der Waals surface area contributed by atoms with Gasteiger partial charge in [-0.1, -0.05) is 0 Å². The number of methoxy groups -OCH3 is 1. The van der Waals surface area contributed by atoms with Gasteiger partial charge in [0.05, 0.1) is 18.8 Å². The Bertz CT molecular complexity index is 353. The van der Waals surface area contributed by atoms with Crippen molar-refractivity contribution in [1.29, 1.82) is 0 Å². The summed E-state index contributed by atoms with van der Waals surface area (Å²) in [7, 11) is 1.73. The van der Waals surface area contributed by atoms with Crippen LogP contribution < -0.4 is 4.90 Å². The first kappa shape index (κ1) is 11.4. The van der Waals surface area contributed by atoms with Crippen LogP contribution in [0.1, 0.15) is 25.5 Å². The summed E-state index contributed by atoms with van der Waals surface area (Å²) in [6.07, 6.45) is 3.60. The van der Waals surface area contributed by atoms with E-state index in [-0.39, 0.29) is 12.2 Å². The summed E-state index contributed by atoms with van der Waals surface area (Å²) in [5.74, 6) is 0. The monoisotopic (exact) mass is 226 g/mol. The maximum atomic E-state index is 8.93. The van der Waals surface area contributed by atoms with E-state index in [1.807, 2.05) is 0 Å². The van der Waals surface area contributed by atoms with E-state index in [4.69, 9.17) is 14.3 Å². The Balaban J connectivity index is 2.09. The molecular weight excluding hydrogens is 208 g/mol. The van der Waals surface area contributed by atoms with Gasteiger partial charge in [0.15, 0.2) is 0 Å². The first-order chi connectivity index (χ1) is 7.67. The van der Waals surface area contributed by atoms with Crippen LogP contribution in [0.2, 0.25) is 0 Å². The van der Waals surface area contributed by atoms with Gasteiger partial charge < -0.3 is 19.2 Å². The van der Waals surface area contributed by atoms with E-state index in [2.05, 4.69) is 16.8 Å². The average Bonchev–Trinajstić information content (AvgIpc) is 2.78. The van der Waals surface area contributed by atoms with Gasteiger partial charge in [-0.15, -0.1) is 0 Å². The van der Waals surface area contributed by atoms with Crippen molar-refractivity contribution >= 4 is 6.01 Å². The van der Waals surface area contributed by atoms with Crippen LogP contribution in [-0.2, 0) is 11.3 Å². The third-order valence-electron chi connectivity index (χ3n) is 3.12. The minimum Gasteiger partial charge on any atom is -0.432 e. The first-order valence-corrected chi connectivity index (χ1v) is 5.52. The highest BCUT2D eigenvalue weighted by Gasteiger charge is 2.32. The van der Waals surface area contributed by atoms with Gasteiger partial charge in [0.2, 0.25) is 0 Å². The SMILES string of the molecule is COC1(C)CCCN(c2nc(CO)co2)C1. The number of hydrogen-bond donors (Lipinski definition) is 1. The Morgan fingerprint density at radius 3 is 3.12 bits per heavy atom. The molecule has 1 aromatic rings.